The Morgan fingerprint density at radius 1 is 1.14 bits per heavy atom. The highest BCUT2D eigenvalue weighted by Crippen LogP contribution is 2.33. The van der Waals surface area contributed by atoms with Crippen LogP contribution >= 0.6 is 0 Å². The Kier molecular flexibility index (Phi) is 8.22. The number of hydrogen-bond donors (Lipinski definition) is 2. The third kappa shape index (κ3) is 6.52. The molecule has 0 unspecified atom stereocenters. The molecule has 1 heterocycles. The number of halogens is 1. The summed E-state index contributed by atoms with van der Waals surface area (Å²) in [6.07, 6.45) is 1.49. The molecule has 8 heteroatoms. The number of rotatable bonds is 10. The number of hydrogen-bond acceptors (Lipinski definition) is 5. The Bertz CT molecular complexity index is 1380. The van der Waals surface area contributed by atoms with Gasteiger partial charge in [0.15, 0.2) is 0 Å². The normalized spacial score (nSPS) is 13.4. The van der Waals surface area contributed by atoms with Gasteiger partial charge in [0.2, 0.25) is 0 Å². The Morgan fingerprint density at radius 3 is 2.65 bits per heavy atom. The lowest BCUT2D eigenvalue weighted by atomic mass is 9.97. The molecule has 37 heavy (non-hydrogen) atoms. The molecule has 0 saturated carbocycles. The average molecular weight is 524 g/mol. The maximum atomic E-state index is 14.0. The van der Waals surface area contributed by atoms with Gasteiger partial charge in [-0.05, 0) is 67.8 Å². The largest absolute Gasteiger partial charge is 0.598 e. The van der Waals surface area contributed by atoms with E-state index < -0.39 is 34.8 Å². The highest BCUT2D eigenvalue weighted by atomic mass is 32.2. The van der Waals surface area contributed by atoms with Crippen LogP contribution in [0.3, 0.4) is 0 Å². The summed E-state index contributed by atoms with van der Waals surface area (Å²) in [5.74, 6) is -0.408. The van der Waals surface area contributed by atoms with Gasteiger partial charge in [0.25, 0.3) is 0 Å². The van der Waals surface area contributed by atoms with Crippen LogP contribution in [-0.2, 0) is 29.2 Å². The minimum atomic E-state index is -1.43. The zero-order chi connectivity index (χ0) is 26.6. The van der Waals surface area contributed by atoms with E-state index in [1.165, 1.54) is 0 Å². The monoisotopic (exact) mass is 523 g/mol. The van der Waals surface area contributed by atoms with Gasteiger partial charge in [0.1, 0.15) is 35.4 Å². The van der Waals surface area contributed by atoms with Gasteiger partial charge in [-0.1, -0.05) is 36.4 Å². The van der Waals surface area contributed by atoms with E-state index >= 15 is 0 Å². The van der Waals surface area contributed by atoms with Crippen LogP contribution in [0.15, 0.2) is 77.4 Å². The molecule has 0 aliphatic rings. The molecular weight excluding hydrogens is 493 g/mol. The predicted octanol–water partition coefficient (Wildman–Crippen LogP) is 6.37. The molecule has 0 spiro atoms. The lowest BCUT2D eigenvalue weighted by Gasteiger charge is -2.27. The second kappa shape index (κ2) is 11.4. The van der Waals surface area contributed by atoms with Crippen LogP contribution in [0.2, 0.25) is 0 Å². The van der Waals surface area contributed by atoms with Crippen molar-refractivity contribution in [3.05, 3.63) is 89.7 Å². The zero-order valence-corrected chi connectivity index (χ0v) is 21.8. The van der Waals surface area contributed by atoms with Crippen molar-refractivity contribution < 1.29 is 28.0 Å². The molecule has 2 atom stereocenters. The van der Waals surface area contributed by atoms with Crippen LogP contribution in [0.5, 0.6) is 5.75 Å². The second-order valence-corrected chi connectivity index (χ2v) is 11.8. The minimum Gasteiger partial charge on any atom is -0.598 e. The fraction of sp³-hybridized carbons (Fsp3) is 0.276. The molecule has 6 nitrogen and oxygen atoms in total. The van der Waals surface area contributed by atoms with Gasteiger partial charge in [0.05, 0.1) is 12.7 Å². The lowest BCUT2D eigenvalue weighted by molar-refractivity contribution is -0.136. The van der Waals surface area contributed by atoms with Crippen molar-refractivity contribution in [1.82, 2.24) is 4.72 Å². The smallest absolute Gasteiger partial charge is 0.307 e. The molecule has 0 saturated heterocycles. The Hall–Kier alpha value is -3.33. The number of para-hydroxylation sites is 1. The number of fused-ring (bicyclic) bond motifs is 1. The van der Waals surface area contributed by atoms with Crippen molar-refractivity contribution in [1.29, 1.82) is 0 Å². The summed E-state index contributed by atoms with van der Waals surface area (Å²) in [4.78, 5) is 11.2. The number of benzene rings is 3. The van der Waals surface area contributed by atoms with E-state index in [1.54, 1.807) is 30.5 Å². The number of aliphatic carboxylic acids is 1. The molecule has 3 aromatic carbocycles. The van der Waals surface area contributed by atoms with Crippen molar-refractivity contribution in [2.45, 2.75) is 44.6 Å². The molecule has 0 amide bonds. The first-order valence-corrected chi connectivity index (χ1v) is 13.1. The Balaban J connectivity index is 1.64. The number of furan rings is 1. The zero-order valence-electron chi connectivity index (χ0n) is 21.0. The third-order valence-electron chi connectivity index (χ3n) is 5.88. The van der Waals surface area contributed by atoms with Gasteiger partial charge in [-0.25, -0.2) is 4.39 Å². The predicted molar refractivity (Wildman–Crippen MR) is 144 cm³/mol. The van der Waals surface area contributed by atoms with Crippen LogP contribution in [0, 0.1) is 0 Å². The fourth-order valence-electron chi connectivity index (χ4n) is 3.97. The molecule has 2 N–H and O–H groups in total. The van der Waals surface area contributed by atoms with Gasteiger partial charge in [-0.3, -0.25) is 4.79 Å². The maximum Gasteiger partial charge on any atom is 0.307 e. The first-order chi connectivity index (χ1) is 17.7. The summed E-state index contributed by atoms with van der Waals surface area (Å²) in [6.45, 7) is 5.03. The highest BCUT2D eigenvalue weighted by molar-refractivity contribution is 7.90. The third-order valence-corrected chi connectivity index (χ3v) is 7.49. The number of nitrogens with one attached hydrogen (secondary N) is 1. The number of ether oxygens (including phenoxy) is 1. The van der Waals surface area contributed by atoms with E-state index in [1.807, 2.05) is 63.2 Å². The van der Waals surface area contributed by atoms with Crippen LogP contribution in [0.1, 0.15) is 43.5 Å². The van der Waals surface area contributed by atoms with Crippen LogP contribution in [-0.4, -0.2) is 27.1 Å². The van der Waals surface area contributed by atoms with Crippen molar-refractivity contribution in [2.75, 3.05) is 6.67 Å². The number of carboxylic acid groups (broad SMARTS) is 1. The molecule has 0 fully saturated rings. The molecular formula is C29H30FNO5S. The summed E-state index contributed by atoms with van der Waals surface area (Å²) in [6, 6.07) is 19.6. The van der Waals surface area contributed by atoms with Gasteiger partial charge >= 0.3 is 5.97 Å². The molecule has 0 bridgehead atoms. The average Bonchev–Trinajstić information content (AvgIpc) is 3.34. The first-order valence-electron chi connectivity index (χ1n) is 11.9. The summed E-state index contributed by atoms with van der Waals surface area (Å²) < 4.78 is 40.8. The summed E-state index contributed by atoms with van der Waals surface area (Å²) in [7, 11) is 0. The fourth-order valence-corrected chi connectivity index (χ4v) is 4.79. The maximum absolute atomic E-state index is 14.0. The van der Waals surface area contributed by atoms with Gasteiger partial charge in [-0.2, -0.15) is 0 Å². The molecule has 0 radical (unpaired) electrons. The first kappa shape index (κ1) is 26.7. The summed E-state index contributed by atoms with van der Waals surface area (Å²) in [5.41, 5.74) is 4.48. The van der Waals surface area contributed by atoms with E-state index in [0.717, 1.165) is 22.1 Å². The van der Waals surface area contributed by atoms with Crippen LogP contribution < -0.4 is 9.46 Å². The number of carbonyl (C=O) groups is 1. The van der Waals surface area contributed by atoms with E-state index in [0.29, 0.717) is 22.5 Å². The lowest BCUT2D eigenvalue weighted by Crippen LogP contribution is -2.41. The second-order valence-electron chi connectivity index (χ2n) is 9.78. The Morgan fingerprint density at radius 2 is 1.92 bits per heavy atom. The molecule has 0 aliphatic heterocycles. The van der Waals surface area contributed by atoms with Crippen LogP contribution in [0.4, 0.5) is 4.39 Å². The van der Waals surface area contributed by atoms with Crippen molar-refractivity contribution in [2.24, 2.45) is 0 Å². The molecule has 1 aromatic heterocycles. The Labute approximate surface area is 218 Å². The quantitative estimate of drug-likeness (QED) is 0.235. The van der Waals surface area contributed by atoms with Gasteiger partial charge in [0, 0.05) is 27.9 Å². The highest BCUT2D eigenvalue weighted by Gasteiger charge is 2.30. The van der Waals surface area contributed by atoms with E-state index in [-0.39, 0.29) is 13.0 Å². The topological polar surface area (TPSA) is 94.8 Å². The summed E-state index contributed by atoms with van der Waals surface area (Å²) >= 11 is -1.43. The van der Waals surface area contributed by atoms with Crippen LogP contribution in [0.25, 0.3) is 22.1 Å². The van der Waals surface area contributed by atoms with E-state index in [9.17, 15) is 18.8 Å². The van der Waals surface area contributed by atoms with Crippen molar-refractivity contribution in [3.63, 3.8) is 0 Å². The van der Waals surface area contributed by atoms with E-state index in [2.05, 4.69) is 4.72 Å². The van der Waals surface area contributed by atoms with Crippen molar-refractivity contribution in [3.8, 4) is 16.9 Å². The summed E-state index contributed by atoms with van der Waals surface area (Å²) in [5, 5.41) is 10.1. The number of alkyl halides is 1. The van der Waals surface area contributed by atoms with Crippen molar-refractivity contribution >= 4 is 28.3 Å². The molecule has 4 rings (SSSR count). The van der Waals surface area contributed by atoms with E-state index in [4.69, 9.17) is 9.15 Å². The minimum absolute atomic E-state index is 0.126. The molecule has 0 aliphatic carbocycles. The molecule has 4 aromatic rings. The standard InChI is InChI=1S/C29H30FNO5S/c1-29(2,3)37(34)31-25(17-30)21-9-6-8-20(15-21)24-14-19(13-23-11-12-35-28(23)24)18-36-26-10-5-4-7-22(26)16-27(32)33/h4-15,25,31H,16-18H2,1-3H3,(H,32,33)/t25-,37+/m1/s1. The SMILES string of the molecule is CC(C)(C)[S@+]([O-])N[C@H](CF)c1cccc(-c2cc(COc3ccccc3CC(=O)O)cc3ccoc23)c1. The van der Waals surface area contributed by atoms with Gasteiger partial charge in [-0.15, -0.1) is 4.72 Å². The van der Waals surface area contributed by atoms with Gasteiger partial charge < -0.3 is 18.8 Å². The number of carboxylic acids is 1. The molecule has 194 valence electrons.